The van der Waals surface area contributed by atoms with E-state index in [1.807, 2.05) is 13.8 Å². The fourth-order valence-corrected chi connectivity index (χ4v) is 4.30. The van der Waals surface area contributed by atoms with Gasteiger partial charge < -0.3 is 14.6 Å². The number of anilines is 1. The lowest BCUT2D eigenvalue weighted by molar-refractivity contribution is -0.122. The first-order chi connectivity index (χ1) is 12.6. The lowest BCUT2D eigenvalue weighted by Gasteiger charge is -2.33. The molecule has 1 saturated heterocycles. The second-order valence-electron chi connectivity index (χ2n) is 7.29. The van der Waals surface area contributed by atoms with Crippen LogP contribution in [0.3, 0.4) is 0 Å². The van der Waals surface area contributed by atoms with E-state index in [1.165, 1.54) is 19.3 Å². The van der Waals surface area contributed by atoms with Gasteiger partial charge in [0.15, 0.2) is 0 Å². The monoisotopic (exact) mass is 355 g/mol. The van der Waals surface area contributed by atoms with Crippen molar-refractivity contribution in [2.45, 2.75) is 64.6 Å². The Morgan fingerprint density at radius 1 is 1.27 bits per heavy atom. The van der Waals surface area contributed by atoms with E-state index in [0.29, 0.717) is 30.3 Å². The number of nitrogens with zero attached hydrogens (tertiary/aromatic N) is 4. The van der Waals surface area contributed by atoms with E-state index >= 15 is 0 Å². The first-order valence-corrected chi connectivity index (χ1v) is 9.39. The number of carbonyl (C=O) groups is 1. The lowest BCUT2D eigenvalue weighted by Crippen LogP contribution is -2.47. The Bertz CT molecular complexity index is 756. The average Bonchev–Trinajstić information content (AvgIpc) is 3.20. The molecular formula is C19H25N5O2. The maximum absolute atomic E-state index is 13.0. The first-order valence-electron chi connectivity index (χ1n) is 9.39. The van der Waals surface area contributed by atoms with Crippen LogP contribution in [0.2, 0.25) is 0 Å². The predicted molar refractivity (Wildman–Crippen MR) is 96.5 cm³/mol. The van der Waals surface area contributed by atoms with Crippen molar-refractivity contribution < 1.29 is 9.21 Å². The molecule has 26 heavy (non-hydrogen) atoms. The zero-order valence-corrected chi connectivity index (χ0v) is 15.3. The van der Waals surface area contributed by atoms with Crippen LogP contribution in [0.1, 0.15) is 49.4 Å². The molecule has 1 N–H and O–H groups in total. The minimum Gasteiger partial charge on any atom is -0.444 e. The third-order valence-electron chi connectivity index (χ3n) is 5.66. The zero-order valence-electron chi connectivity index (χ0n) is 15.3. The number of fused-ring (bicyclic) bond motifs is 1. The molecule has 3 heterocycles. The van der Waals surface area contributed by atoms with Crippen molar-refractivity contribution in [3.8, 4) is 0 Å². The fourth-order valence-electron chi connectivity index (χ4n) is 4.30. The van der Waals surface area contributed by atoms with Gasteiger partial charge in [0, 0.05) is 18.4 Å². The summed E-state index contributed by atoms with van der Waals surface area (Å²) < 4.78 is 5.57. The standard InChI is InChI=1S/C19H25N5O2/c1-12-13(2)26-17(23-12)11-22-18(25)16-10-14-6-3-4-7-15(14)24(16)19-20-8-5-9-21-19/h5,8-9,14-16H,3-4,6-7,10-11H2,1-2H3,(H,22,25)/t14-,15+,16-/m0/s1. The van der Waals surface area contributed by atoms with Crippen molar-refractivity contribution in [1.29, 1.82) is 0 Å². The molecule has 2 fully saturated rings. The molecule has 4 rings (SSSR count). The minimum atomic E-state index is -0.234. The van der Waals surface area contributed by atoms with Crippen LogP contribution in [0.4, 0.5) is 5.95 Å². The molecule has 0 bridgehead atoms. The van der Waals surface area contributed by atoms with E-state index in [0.717, 1.165) is 24.3 Å². The van der Waals surface area contributed by atoms with Gasteiger partial charge in [0.2, 0.25) is 17.7 Å². The highest BCUT2D eigenvalue weighted by Crippen LogP contribution is 2.41. The van der Waals surface area contributed by atoms with E-state index < -0.39 is 0 Å². The Morgan fingerprint density at radius 2 is 2.04 bits per heavy atom. The topological polar surface area (TPSA) is 84.2 Å². The van der Waals surface area contributed by atoms with Crippen LogP contribution in [0.5, 0.6) is 0 Å². The zero-order chi connectivity index (χ0) is 18.1. The van der Waals surface area contributed by atoms with Crippen molar-refractivity contribution in [2.75, 3.05) is 4.90 Å². The van der Waals surface area contributed by atoms with E-state index in [2.05, 4.69) is 25.2 Å². The van der Waals surface area contributed by atoms with E-state index in [1.54, 1.807) is 18.5 Å². The largest absolute Gasteiger partial charge is 0.444 e. The summed E-state index contributed by atoms with van der Waals surface area (Å²) in [6, 6.07) is 1.93. The van der Waals surface area contributed by atoms with Gasteiger partial charge in [0.05, 0.1) is 12.2 Å². The van der Waals surface area contributed by atoms with Crippen molar-refractivity contribution in [3.63, 3.8) is 0 Å². The summed E-state index contributed by atoms with van der Waals surface area (Å²) in [6.07, 6.45) is 9.07. The maximum Gasteiger partial charge on any atom is 0.243 e. The Morgan fingerprint density at radius 3 is 2.77 bits per heavy atom. The van der Waals surface area contributed by atoms with Crippen LogP contribution in [0.25, 0.3) is 0 Å². The fraction of sp³-hybridized carbons (Fsp3) is 0.579. The molecule has 138 valence electrons. The summed E-state index contributed by atoms with van der Waals surface area (Å²) >= 11 is 0. The normalized spacial score (nSPS) is 25.2. The Hall–Kier alpha value is -2.44. The van der Waals surface area contributed by atoms with Crippen LogP contribution >= 0.6 is 0 Å². The number of carbonyl (C=O) groups excluding carboxylic acids is 1. The van der Waals surface area contributed by atoms with E-state index in [9.17, 15) is 4.79 Å². The summed E-state index contributed by atoms with van der Waals surface area (Å²) in [6.45, 7) is 4.09. The summed E-state index contributed by atoms with van der Waals surface area (Å²) in [7, 11) is 0. The molecular weight excluding hydrogens is 330 g/mol. The number of rotatable bonds is 4. The van der Waals surface area contributed by atoms with Gasteiger partial charge in [0.1, 0.15) is 11.8 Å². The number of hydrogen-bond donors (Lipinski definition) is 1. The van der Waals surface area contributed by atoms with Gasteiger partial charge in [-0.3, -0.25) is 4.79 Å². The number of hydrogen-bond acceptors (Lipinski definition) is 6. The van der Waals surface area contributed by atoms with Gasteiger partial charge in [-0.1, -0.05) is 12.8 Å². The number of oxazole rings is 1. The summed E-state index contributed by atoms with van der Waals surface area (Å²) in [5.41, 5.74) is 0.862. The number of aryl methyl sites for hydroxylation is 2. The second kappa shape index (κ2) is 7.05. The van der Waals surface area contributed by atoms with Crippen molar-refractivity contribution in [2.24, 2.45) is 5.92 Å². The highest BCUT2D eigenvalue weighted by molar-refractivity contribution is 5.85. The molecule has 1 aliphatic heterocycles. The molecule has 0 spiro atoms. The smallest absolute Gasteiger partial charge is 0.243 e. The predicted octanol–water partition coefficient (Wildman–Crippen LogP) is 2.54. The number of amides is 1. The van der Waals surface area contributed by atoms with Crippen molar-refractivity contribution >= 4 is 11.9 Å². The molecule has 2 aliphatic rings. The minimum absolute atomic E-state index is 0.000333. The molecule has 3 atom stereocenters. The quantitative estimate of drug-likeness (QED) is 0.907. The molecule has 1 saturated carbocycles. The summed E-state index contributed by atoms with van der Waals surface area (Å²) in [5.74, 6) is 2.53. The lowest BCUT2D eigenvalue weighted by atomic mass is 9.85. The van der Waals surface area contributed by atoms with Crippen LogP contribution in [-0.2, 0) is 11.3 Å². The van der Waals surface area contributed by atoms with Gasteiger partial charge in [-0.2, -0.15) is 0 Å². The Kier molecular flexibility index (Phi) is 4.61. The van der Waals surface area contributed by atoms with Crippen molar-refractivity contribution in [3.05, 3.63) is 35.8 Å². The average molecular weight is 355 g/mol. The third kappa shape index (κ3) is 3.18. The maximum atomic E-state index is 13.0. The van der Waals surface area contributed by atoms with Gasteiger partial charge >= 0.3 is 0 Å². The molecule has 0 radical (unpaired) electrons. The molecule has 1 aliphatic carbocycles. The Labute approximate surface area is 153 Å². The first kappa shape index (κ1) is 17.0. The van der Waals surface area contributed by atoms with Crippen LogP contribution in [0, 0.1) is 19.8 Å². The van der Waals surface area contributed by atoms with Crippen molar-refractivity contribution in [1.82, 2.24) is 20.3 Å². The van der Waals surface area contributed by atoms with Crippen LogP contribution in [0.15, 0.2) is 22.9 Å². The number of aromatic nitrogens is 3. The molecule has 2 aromatic heterocycles. The van der Waals surface area contributed by atoms with E-state index in [-0.39, 0.29) is 11.9 Å². The van der Waals surface area contributed by atoms with Gasteiger partial charge in [0.25, 0.3) is 0 Å². The van der Waals surface area contributed by atoms with Gasteiger partial charge in [-0.25, -0.2) is 15.0 Å². The van der Waals surface area contributed by atoms with Gasteiger partial charge in [-0.15, -0.1) is 0 Å². The van der Waals surface area contributed by atoms with Crippen LogP contribution < -0.4 is 10.2 Å². The molecule has 2 aromatic rings. The molecule has 7 nitrogen and oxygen atoms in total. The molecule has 1 amide bonds. The van der Waals surface area contributed by atoms with Crippen LogP contribution in [-0.4, -0.2) is 32.9 Å². The number of nitrogens with one attached hydrogen (secondary N) is 1. The second-order valence-corrected chi connectivity index (χ2v) is 7.29. The SMILES string of the molecule is Cc1nc(CNC(=O)[C@@H]2C[C@@H]3CCCC[C@H]3N2c2ncccn2)oc1C. The molecule has 7 heteroatoms. The van der Waals surface area contributed by atoms with Gasteiger partial charge in [-0.05, 0) is 45.1 Å². The Balaban J connectivity index is 1.51. The highest BCUT2D eigenvalue weighted by atomic mass is 16.4. The molecule has 0 unspecified atom stereocenters. The molecule has 0 aromatic carbocycles. The summed E-state index contributed by atoms with van der Waals surface area (Å²) in [5, 5.41) is 3.00. The van der Waals surface area contributed by atoms with E-state index in [4.69, 9.17) is 4.42 Å². The third-order valence-corrected chi connectivity index (χ3v) is 5.66. The summed E-state index contributed by atoms with van der Waals surface area (Å²) in [4.78, 5) is 28.3. The highest BCUT2D eigenvalue weighted by Gasteiger charge is 2.46.